The first-order chi connectivity index (χ1) is 10.6. The second-order valence-electron chi connectivity index (χ2n) is 4.82. The molecule has 22 heavy (non-hydrogen) atoms. The van der Waals surface area contributed by atoms with Crippen molar-refractivity contribution in [2.24, 2.45) is 0 Å². The number of benzene rings is 1. The number of ether oxygens (including phenoxy) is 2. The van der Waals surface area contributed by atoms with E-state index in [-0.39, 0.29) is 5.91 Å². The van der Waals surface area contributed by atoms with E-state index in [1.165, 1.54) is 0 Å². The Bertz CT molecular complexity index is 637. The molecule has 6 heteroatoms. The number of carbonyl (C=O) groups is 1. The highest BCUT2D eigenvalue weighted by atomic mass is 16.5. The van der Waals surface area contributed by atoms with Crippen LogP contribution in [0.15, 0.2) is 28.9 Å². The number of methoxy groups -OCH3 is 2. The fourth-order valence-corrected chi connectivity index (χ4v) is 2.06. The van der Waals surface area contributed by atoms with Gasteiger partial charge in [-0.2, -0.15) is 0 Å². The fourth-order valence-electron chi connectivity index (χ4n) is 2.06. The van der Waals surface area contributed by atoms with E-state index in [0.29, 0.717) is 36.8 Å². The van der Waals surface area contributed by atoms with Crippen LogP contribution in [0.2, 0.25) is 0 Å². The zero-order valence-corrected chi connectivity index (χ0v) is 13.0. The van der Waals surface area contributed by atoms with Gasteiger partial charge in [-0.3, -0.25) is 4.79 Å². The molecule has 0 fully saturated rings. The molecule has 0 radical (unpaired) electrons. The summed E-state index contributed by atoms with van der Waals surface area (Å²) in [7, 11) is 3.19. The lowest BCUT2D eigenvalue weighted by atomic mass is 10.1. The number of hydrogen-bond donors (Lipinski definition) is 1. The fraction of sp³-hybridized carbons (Fsp3) is 0.375. The first-order valence-electron chi connectivity index (χ1n) is 7.01. The van der Waals surface area contributed by atoms with Crippen molar-refractivity contribution in [3.05, 3.63) is 41.6 Å². The van der Waals surface area contributed by atoms with Crippen LogP contribution in [0.1, 0.15) is 23.6 Å². The molecule has 0 aliphatic heterocycles. The van der Waals surface area contributed by atoms with E-state index in [1.807, 2.05) is 18.2 Å². The quantitative estimate of drug-likeness (QED) is 0.849. The molecule has 1 aromatic carbocycles. The Hall–Kier alpha value is -2.50. The van der Waals surface area contributed by atoms with Gasteiger partial charge in [-0.1, -0.05) is 6.07 Å². The zero-order chi connectivity index (χ0) is 15.9. The Balaban J connectivity index is 1.83. The second-order valence-corrected chi connectivity index (χ2v) is 4.82. The molecule has 0 unspecified atom stereocenters. The number of hydrogen-bond acceptors (Lipinski definition) is 5. The highest BCUT2D eigenvalue weighted by molar-refractivity contribution is 5.76. The lowest BCUT2D eigenvalue weighted by Gasteiger charge is -2.09. The number of rotatable bonds is 7. The van der Waals surface area contributed by atoms with Crippen LogP contribution < -0.4 is 14.8 Å². The summed E-state index contributed by atoms with van der Waals surface area (Å²) in [5.74, 6) is 1.90. The van der Waals surface area contributed by atoms with Gasteiger partial charge in [-0.15, -0.1) is 0 Å². The lowest BCUT2D eigenvalue weighted by molar-refractivity contribution is -0.121. The smallest absolute Gasteiger partial charge is 0.220 e. The van der Waals surface area contributed by atoms with E-state index >= 15 is 0 Å². The molecule has 1 amide bonds. The Morgan fingerprint density at radius 3 is 2.68 bits per heavy atom. The lowest BCUT2D eigenvalue weighted by Crippen LogP contribution is -2.23. The molecule has 1 N–H and O–H groups in total. The second kappa shape index (κ2) is 7.49. The topological polar surface area (TPSA) is 73.6 Å². The monoisotopic (exact) mass is 304 g/mol. The van der Waals surface area contributed by atoms with Gasteiger partial charge in [0.15, 0.2) is 17.4 Å². The Kier molecular flexibility index (Phi) is 5.41. The highest BCUT2D eigenvalue weighted by Crippen LogP contribution is 2.27. The summed E-state index contributed by atoms with van der Waals surface area (Å²) < 4.78 is 15.5. The zero-order valence-electron chi connectivity index (χ0n) is 13.0. The van der Waals surface area contributed by atoms with E-state index in [4.69, 9.17) is 13.9 Å². The summed E-state index contributed by atoms with van der Waals surface area (Å²) in [4.78, 5) is 16.0. The summed E-state index contributed by atoms with van der Waals surface area (Å²) in [6, 6.07) is 5.65. The van der Waals surface area contributed by atoms with Gasteiger partial charge in [0, 0.05) is 13.3 Å². The van der Waals surface area contributed by atoms with Crippen LogP contribution in [0.5, 0.6) is 11.5 Å². The molecular weight excluding hydrogens is 284 g/mol. The number of amides is 1. The molecule has 1 heterocycles. The van der Waals surface area contributed by atoms with Crippen molar-refractivity contribution in [2.75, 3.05) is 14.2 Å². The van der Waals surface area contributed by atoms with Gasteiger partial charge in [0.2, 0.25) is 5.91 Å². The Morgan fingerprint density at radius 1 is 1.27 bits per heavy atom. The third kappa shape index (κ3) is 4.25. The van der Waals surface area contributed by atoms with Gasteiger partial charge in [0.25, 0.3) is 0 Å². The van der Waals surface area contributed by atoms with Gasteiger partial charge in [-0.05, 0) is 24.1 Å². The summed E-state index contributed by atoms with van der Waals surface area (Å²) >= 11 is 0. The Labute approximate surface area is 129 Å². The molecule has 2 rings (SSSR count). The van der Waals surface area contributed by atoms with Crippen LogP contribution in [0.25, 0.3) is 0 Å². The highest BCUT2D eigenvalue weighted by Gasteiger charge is 2.08. The van der Waals surface area contributed by atoms with Crippen molar-refractivity contribution in [3.63, 3.8) is 0 Å². The van der Waals surface area contributed by atoms with Gasteiger partial charge in [0.05, 0.1) is 26.5 Å². The molecule has 118 valence electrons. The summed E-state index contributed by atoms with van der Waals surface area (Å²) in [6.45, 7) is 2.14. The SMILES string of the molecule is COc1ccc(CCC(=O)NCc2coc(C)n2)cc1OC. The third-order valence-corrected chi connectivity index (χ3v) is 3.22. The van der Waals surface area contributed by atoms with E-state index < -0.39 is 0 Å². The molecule has 0 bridgehead atoms. The van der Waals surface area contributed by atoms with Crippen molar-refractivity contribution in [1.82, 2.24) is 10.3 Å². The first-order valence-corrected chi connectivity index (χ1v) is 7.01. The largest absolute Gasteiger partial charge is 0.493 e. The first kappa shape index (κ1) is 15.9. The number of nitrogens with zero attached hydrogens (tertiary/aromatic N) is 1. The van der Waals surface area contributed by atoms with E-state index in [2.05, 4.69) is 10.3 Å². The maximum Gasteiger partial charge on any atom is 0.220 e. The molecule has 0 atom stereocenters. The van der Waals surface area contributed by atoms with Crippen molar-refractivity contribution >= 4 is 5.91 Å². The van der Waals surface area contributed by atoms with Gasteiger partial charge in [0.1, 0.15) is 6.26 Å². The molecule has 6 nitrogen and oxygen atoms in total. The van der Waals surface area contributed by atoms with Crippen molar-refractivity contribution in [1.29, 1.82) is 0 Å². The molecule has 0 saturated carbocycles. The van der Waals surface area contributed by atoms with Crippen LogP contribution in [0.3, 0.4) is 0 Å². The number of aryl methyl sites for hydroxylation is 2. The van der Waals surface area contributed by atoms with Crippen molar-refractivity contribution in [2.45, 2.75) is 26.3 Å². The van der Waals surface area contributed by atoms with E-state index in [1.54, 1.807) is 27.4 Å². The minimum absolute atomic E-state index is 0.0320. The van der Waals surface area contributed by atoms with Crippen LogP contribution >= 0.6 is 0 Å². The van der Waals surface area contributed by atoms with E-state index in [0.717, 1.165) is 11.3 Å². The molecule has 0 spiro atoms. The summed E-state index contributed by atoms with van der Waals surface area (Å²) in [6.07, 6.45) is 2.57. The number of aromatic nitrogens is 1. The number of nitrogens with one attached hydrogen (secondary N) is 1. The number of oxazole rings is 1. The van der Waals surface area contributed by atoms with E-state index in [9.17, 15) is 4.79 Å². The molecule has 2 aromatic rings. The minimum atomic E-state index is -0.0320. The molecule has 0 aliphatic carbocycles. The average molecular weight is 304 g/mol. The summed E-state index contributed by atoms with van der Waals surface area (Å²) in [5.41, 5.74) is 1.74. The van der Waals surface area contributed by atoms with Crippen LogP contribution in [-0.2, 0) is 17.8 Å². The maximum absolute atomic E-state index is 11.8. The third-order valence-electron chi connectivity index (χ3n) is 3.22. The molecule has 0 aliphatic rings. The standard InChI is InChI=1S/C16H20N2O4/c1-11-18-13(10-22-11)9-17-16(19)7-5-12-4-6-14(20-2)15(8-12)21-3/h4,6,8,10H,5,7,9H2,1-3H3,(H,17,19). The number of carbonyl (C=O) groups excluding carboxylic acids is 1. The molecule has 1 aromatic heterocycles. The molecular formula is C16H20N2O4. The normalized spacial score (nSPS) is 10.3. The minimum Gasteiger partial charge on any atom is -0.493 e. The predicted octanol–water partition coefficient (Wildman–Crippen LogP) is 2.25. The van der Waals surface area contributed by atoms with Crippen LogP contribution in [0, 0.1) is 6.92 Å². The van der Waals surface area contributed by atoms with Crippen molar-refractivity contribution in [3.8, 4) is 11.5 Å². The van der Waals surface area contributed by atoms with Crippen molar-refractivity contribution < 1.29 is 18.7 Å². The van der Waals surface area contributed by atoms with Gasteiger partial charge < -0.3 is 19.2 Å². The Morgan fingerprint density at radius 2 is 2.05 bits per heavy atom. The van der Waals surface area contributed by atoms with Crippen LogP contribution in [0.4, 0.5) is 0 Å². The van der Waals surface area contributed by atoms with Gasteiger partial charge in [-0.25, -0.2) is 4.98 Å². The average Bonchev–Trinajstić information content (AvgIpc) is 2.96. The van der Waals surface area contributed by atoms with Crippen LogP contribution in [-0.4, -0.2) is 25.1 Å². The summed E-state index contributed by atoms with van der Waals surface area (Å²) in [5, 5.41) is 2.82. The molecule has 0 saturated heterocycles. The maximum atomic E-state index is 11.8. The predicted molar refractivity (Wildman–Crippen MR) is 81.0 cm³/mol. The van der Waals surface area contributed by atoms with Gasteiger partial charge >= 0.3 is 0 Å².